The number of ether oxygens (including phenoxy) is 3. The van der Waals surface area contributed by atoms with Gasteiger partial charge in [0.25, 0.3) is 0 Å². The Morgan fingerprint density at radius 2 is 0.636 bits per heavy atom. The van der Waals surface area contributed by atoms with E-state index in [1.54, 1.807) is 0 Å². The van der Waals surface area contributed by atoms with Crippen molar-refractivity contribution in [3.63, 3.8) is 0 Å². The average molecular weight is 922 g/mol. The van der Waals surface area contributed by atoms with Crippen LogP contribution in [0, 0.1) is 0 Å². The fourth-order valence-electron chi connectivity index (χ4n) is 7.89. The molecule has 0 aliphatic rings. The normalized spacial score (nSPS) is 12.7. The number of hydrogen-bond donors (Lipinski definition) is 0. The van der Waals surface area contributed by atoms with Crippen molar-refractivity contribution in [2.75, 3.05) is 19.8 Å². The number of allylic oxidation sites excluding steroid dienone is 12. The monoisotopic (exact) mass is 921 g/mol. The molecular formula is C61H108O5. The molecule has 0 bridgehead atoms. The first-order chi connectivity index (χ1) is 32.6. The molecule has 1 atom stereocenters. The highest BCUT2D eigenvalue weighted by Gasteiger charge is 2.17. The molecule has 0 aromatic heterocycles. The van der Waals surface area contributed by atoms with Gasteiger partial charge >= 0.3 is 11.9 Å². The molecule has 0 rings (SSSR count). The summed E-state index contributed by atoms with van der Waals surface area (Å²) >= 11 is 0. The maximum Gasteiger partial charge on any atom is 0.306 e. The van der Waals surface area contributed by atoms with Crippen LogP contribution in [0.3, 0.4) is 0 Å². The van der Waals surface area contributed by atoms with Gasteiger partial charge in [0.05, 0.1) is 6.61 Å². The van der Waals surface area contributed by atoms with Gasteiger partial charge in [0.1, 0.15) is 6.61 Å². The summed E-state index contributed by atoms with van der Waals surface area (Å²) in [6.07, 6.45) is 73.4. The van der Waals surface area contributed by atoms with Crippen molar-refractivity contribution in [1.29, 1.82) is 0 Å². The van der Waals surface area contributed by atoms with Crippen LogP contribution in [-0.4, -0.2) is 37.9 Å². The second kappa shape index (κ2) is 56.7. The Morgan fingerprint density at radius 3 is 1.06 bits per heavy atom. The molecule has 0 saturated heterocycles. The van der Waals surface area contributed by atoms with E-state index in [1.807, 2.05) is 0 Å². The lowest BCUT2D eigenvalue weighted by molar-refractivity contribution is -0.163. The van der Waals surface area contributed by atoms with E-state index < -0.39 is 6.10 Å². The second-order valence-electron chi connectivity index (χ2n) is 18.8. The fraction of sp³-hybridized carbons (Fsp3) is 0.770. The van der Waals surface area contributed by atoms with E-state index in [9.17, 15) is 9.59 Å². The molecule has 0 aromatic rings. The summed E-state index contributed by atoms with van der Waals surface area (Å²) in [7, 11) is 0. The van der Waals surface area contributed by atoms with Crippen molar-refractivity contribution >= 4 is 11.9 Å². The molecule has 5 nitrogen and oxygen atoms in total. The number of rotatable bonds is 52. The summed E-state index contributed by atoms with van der Waals surface area (Å²) in [4.78, 5) is 25.5. The predicted molar refractivity (Wildman–Crippen MR) is 288 cm³/mol. The van der Waals surface area contributed by atoms with Crippen LogP contribution >= 0.6 is 0 Å². The first-order valence-corrected chi connectivity index (χ1v) is 28.5. The number of unbranched alkanes of at least 4 members (excludes halogenated alkanes) is 29. The molecular weight excluding hydrogens is 813 g/mol. The lowest BCUT2D eigenvalue weighted by atomic mass is 10.1. The van der Waals surface area contributed by atoms with Gasteiger partial charge in [0.15, 0.2) is 6.10 Å². The van der Waals surface area contributed by atoms with E-state index in [0.717, 1.165) is 77.0 Å². The minimum atomic E-state index is -0.551. The Bertz CT molecular complexity index is 1180. The van der Waals surface area contributed by atoms with Crippen molar-refractivity contribution in [2.45, 2.75) is 284 Å². The van der Waals surface area contributed by atoms with Crippen LogP contribution in [0.25, 0.3) is 0 Å². The Morgan fingerprint density at radius 1 is 0.333 bits per heavy atom. The quantitative estimate of drug-likeness (QED) is 0.0346. The van der Waals surface area contributed by atoms with E-state index in [4.69, 9.17) is 14.2 Å². The molecule has 0 amide bonds. The fourth-order valence-corrected chi connectivity index (χ4v) is 7.89. The SMILES string of the molecule is CCCCC/C=C\C/C=C\C/C=C\CCCCCCCCCOCC(COC(=O)CCCCCCCCC/C=C\C/C=C\CCCCC)OC(=O)CCCCCCC/C=C\CCCCCC. The molecule has 0 saturated carbocycles. The van der Waals surface area contributed by atoms with Gasteiger partial charge in [-0.2, -0.15) is 0 Å². The van der Waals surface area contributed by atoms with E-state index in [0.29, 0.717) is 19.4 Å². The number of carbonyl (C=O) groups excluding carboxylic acids is 2. The topological polar surface area (TPSA) is 61.8 Å². The maximum atomic E-state index is 12.8. The molecule has 1 unspecified atom stereocenters. The first-order valence-electron chi connectivity index (χ1n) is 28.5. The Hall–Kier alpha value is -2.66. The minimum Gasteiger partial charge on any atom is -0.462 e. The van der Waals surface area contributed by atoms with Crippen molar-refractivity contribution in [2.24, 2.45) is 0 Å². The molecule has 0 N–H and O–H groups in total. The van der Waals surface area contributed by atoms with Crippen LogP contribution < -0.4 is 0 Å². The largest absolute Gasteiger partial charge is 0.462 e. The summed E-state index contributed by atoms with van der Waals surface area (Å²) < 4.78 is 17.4. The van der Waals surface area contributed by atoms with Crippen LogP contribution in [-0.2, 0) is 23.8 Å². The lowest BCUT2D eigenvalue weighted by Crippen LogP contribution is -2.30. The van der Waals surface area contributed by atoms with Gasteiger partial charge in [-0.3, -0.25) is 9.59 Å². The molecule has 0 spiro atoms. The Labute approximate surface area is 410 Å². The summed E-state index contributed by atoms with van der Waals surface area (Å²) in [5.74, 6) is -0.416. The molecule has 5 heteroatoms. The number of hydrogen-bond acceptors (Lipinski definition) is 5. The third-order valence-corrected chi connectivity index (χ3v) is 12.2. The Balaban J connectivity index is 4.29. The first kappa shape index (κ1) is 63.3. The van der Waals surface area contributed by atoms with Crippen LogP contribution in [0.4, 0.5) is 0 Å². The number of esters is 2. The lowest BCUT2D eigenvalue weighted by Gasteiger charge is -2.18. The van der Waals surface area contributed by atoms with Crippen molar-refractivity contribution in [3.8, 4) is 0 Å². The molecule has 0 aliphatic carbocycles. The van der Waals surface area contributed by atoms with Crippen LogP contribution in [0.1, 0.15) is 278 Å². The van der Waals surface area contributed by atoms with Crippen LogP contribution in [0.2, 0.25) is 0 Å². The van der Waals surface area contributed by atoms with Crippen molar-refractivity contribution in [1.82, 2.24) is 0 Å². The number of carbonyl (C=O) groups is 2. The molecule has 66 heavy (non-hydrogen) atoms. The third-order valence-electron chi connectivity index (χ3n) is 12.2. The highest BCUT2D eigenvalue weighted by molar-refractivity contribution is 5.70. The maximum absolute atomic E-state index is 12.8. The molecule has 0 heterocycles. The van der Waals surface area contributed by atoms with Gasteiger partial charge in [-0.1, -0.05) is 222 Å². The van der Waals surface area contributed by atoms with Gasteiger partial charge in [-0.15, -0.1) is 0 Å². The molecule has 0 aliphatic heterocycles. The van der Waals surface area contributed by atoms with Gasteiger partial charge in [0, 0.05) is 19.4 Å². The molecule has 382 valence electrons. The van der Waals surface area contributed by atoms with Gasteiger partial charge in [0.2, 0.25) is 0 Å². The summed E-state index contributed by atoms with van der Waals surface area (Å²) in [5, 5.41) is 0. The summed E-state index contributed by atoms with van der Waals surface area (Å²) in [6, 6.07) is 0. The van der Waals surface area contributed by atoms with Gasteiger partial charge in [-0.25, -0.2) is 0 Å². The van der Waals surface area contributed by atoms with Crippen molar-refractivity contribution < 1.29 is 23.8 Å². The average Bonchev–Trinajstić information content (AvgIpc) is 3.32. The van der Waals surface area contributed by atoms with Crippen LogP contribution in [0.15, 0.2) is 72.9 Å². The second-order valence-corrected chi connectivity index (χ2v) is 18.8. The van der Waals surface area contributed by atoms with E-state index in [-0.39, 0.29) is 25.2 Å². The standard InChI is InChI=1S/C61H108O5/c1-4-7-10-13-16-19-22-25-27-29-30-31-33-35-38-41-44-47-50-53-56-64-57-59(66-61(63)55-52-49-46-43-40-36-24-21-18-15-12-9-6-3)58-65-60(62)54-51-48-45-42-39-37-34-32-28-26-23-20-17-14-11-8-5-2/h16-17,19-21,24-28,30-31,59H,4-15,18,22-23,29,32-58H2,1-3H3/b19-16-,20-17-,24-21-,27-25-,28-26-,31-30-. The third kappa shape index (κ3) is 54.0. The predicted octanol–water partition coefficient (Wildman–Crippen LogP) is 19.5. The smallest absolute Gasteiger partial charge is 0.306 e. The minimum absolute atomic E-state index is 0.0725. The van der Waals surface area contributed by atoms with E-state index in [2.05, 4.69) is 93.7 Å². The van der Waals surface area contributed by atoms with E-state index in [1.165, 1.54) is 167 Å². The van der Waals surface area contributed by atoms with Gasteiger partial charge < -0.3 is 14.2 Å². The van der Waals surface area contributed by atoms with Gasteiger partial charge in [-0.05, 0) is 116 Å². The highest BCUT2D eigenvalue weighted by Crippen LogP contribution is 2.14. The Kier molecular flexibility index (Phi) is 54.4. The zero-order chi connectivity index (χ0) is 47.7. The summed E-state index contributed by atoms with van der Waals surface area (Å²) in [5.41, 5.74) is 0. The van der Waals surface area contributed by atoms with Crippen LogP contribution in [0.5, 0.6) is 0 Å². The zero-order valence-electron chi connectivity index (χ0n) is 44.0. The molecule has 0 radical (unpaired) electrons. The zero-order valence-corrected chi connectivity index (χ0v) is 44.0. The van der Waals surface area contributed by atoms with Crippen molar-refractivity contribution in [3.05, 3.63) is 72.9 Å². The highest BCUT2D eigenvalue weighted by atomic mass is 16.6. The molecule has 0 fully saturated rings. The molecule has 0 aromatic carbocycles. The van der Waals surface area contributed by atoms with E-state index >= 15 is 0 Å². The summed E-state index contributed by atoms with van der Waals surface area (Å²) in [6.45, 7) is 7.75.